The molecule has 0 saturated heterocycles. The van der Waals surface area contributed by atoms with E-state index in [-0.39, 0.29) is 18.6 Å². The number of aliphatic hydroxyl groups is 1. The van der Waals surface area contributed by atoms with E-state index in [0.717, 1.165) is 0 Å². The Hall–Kier alpha value is -1.13. The predicted molar refractivity (Wildman–Crippen MR) is 62.6 cm³/mol. The summed E-state index contributed by atoms with van der Waals surface area (Å²) in [5, 5.41) is 12.0. The summed E-state index contributed by atoms with van der Waals surface area (Å²) in [6.45, 7) is 3.60. The summed E-state index contributed by atoms with van der Waals surface area (Å²) in [4.78, 5) is 15.7. The van der Waals surface area contributed by atoms with Crippen molar-refractivity contribution in [1.82, 2.24) is 10.3 Å². The number of hydrogen-bond acceptors (Lipinski definition) is 3. The van der Waals surface area contributed by atoms with Gasteiger partial charge < -0.3 is 10.4 Å². The third-order valence-corrected chi connectivity index (χ3v) is 2.43. The largest absolute Gasteiger partial charge is 0.394 e. The summed E-state index contributed by atoms with van der Waals surface area (Å²) in [5.41, 5.74) is 1.15. The van der Waals surface area contributed by atoms with Crippen molar-refractivity contribution in [2.45, 2.75) is 26.3 Å². The molecule has 16 heavy (non-hydrogen) atoms. The van der Waals surface area contributed by atoms with E-state index in [2.05, 4.69) is 10.3 Å². The third kappa shape index (κ3) is 3.47. The van der Waals surface area contributed by atoms with Crippen molar-refractivity contribution >= 4 is 17.5 Å². The van der Waals surface area contributed by atoms with Crippen LogP contribution in [-0.2, 0) is 0 Å². The van der Waals surface area contributed by atoms with Gasteiger partial charge in [-0.25, -0.2) is 4.98 Å². The molecule has 1 amide bonds. The van der Waals surface area contributed by atoms with Crippen molar-refractivity contribution in [3.8, 4) is 0 Å². The lowest BCUT2D eigenvalue weighted by molar-refractivity contribution is 0.0914. The van der Waals surface area contributed by atoms with Gasteiger partial charge in [0.25, 0.3) is 5.91 Å². The van der Waals surface area contributed by atoms with Gasteiger partial charge in [0.15, 0.2) is 0 Å². The molecule has 1 aromatic rings. The minimum atomic E-state index is -0.242. The number of aliphatic hydroxyl groups excluding tert-OH is 1. The van der Waals surface area contributed by atoms with E-state index in [9.17, 15) is 4.79 Å². The Balaban J connectivity index is 2.80. The summed E-state index contributed by atoms with van der Waals surface area (Å²) < 4.78 is 0. The molecule has 0 bridgehead atoms. The number of nitrogens with one attached hydrogen (secondary N) is 1. The molecular formula is C11H15ClN2O2. The minimum Gasteiger partial charge on any atom is -0.394 e. The Morgan fingerprint density at radius 1 is 1.62 bits per heavy atom. The first-order chi connectivity index (χ1) is 7.56. The van der Waals surface area contributed by atoms with Crippen LogP contribution in [0.2, 0.25) is 5.15 Å². The zero-order valence-corrected chi connectivity index (χ0v) is 10.1. The van der Waals surface area contributed by atoms with Crippen LogP contribution in [0.15, 0.2) is 12.1 Å². The van der Waals surface area contributed by atoms with Gasteiger partial charge in [-0.2, -0.15) is 0 Å². The molecule has 0 radical (unpaired) electrons. The molecule has 88 valence electrons. The average Bonchev–Trinajstić information content (AvgIpc) is 2.24. The molecule has 0 aliphatic rings. The number of amides is 1. The number of nitrogens with zero attached hydrogens (tertiary/aromatic N) is 1. The van der Waals surface area contributed by atoms with Crippen molar-refractivity contribution < 1.29 is 9.90 Å². The van der Waals surface area contributed by atoms with Crippen LogP contribution in [0.4, 0.5) is 0 Å². The van der Waals surface area contributed by atoms with Crippen LogP contribution in [-0.4, -0.2) is 28.6 Å². The molecule has 1 heterocycles. The maximum atomic E-state index is 11.8. The SMILES string of the molecule is CCC(CO)NC(=O)c1cc(C)nc(Cl)c1. The number of pyridine rings is 1. The molecule has 4 nitrogen and oxygen atoms in total. The standard InChI is InChI=1S/C11H15ClN2O2/c1-3-9(6-15)14-11(16)8-4-7(2)13-10(12)5-8/h4-5,9,15H,3,6H2,1-2H3,(H,14,16). The molecule has 1 unspecified atom stereocenters. The highest BCUT2D eigenvalue weighted by Crippen LogP contribution is 2.10. The monoisotopic (exact) mass is 242 g/mol. The highest BCUT2D eigenvalue weighted by atomic mass is 35.5. The normalized spacial score (nSPS) is 12.2. The Morgan fingerprint density at radius 3 is 2.81 bits per heavy atom. The van der Waals surface area contributed by atoms with E-state index >= 15 is 0 Å². The van der Waals surface area contributed by atoms with Crippen LogP contribution >= 0.6 is 11.6 Å². The molecule has 0 aromatic carbocycles. The average molecular weight is 243 g/mol. The van der Waals surface area contributed by atoms with E-state index < -0.39 is 0 Å². The van der Waals surface area contributed by atoms with Crippen LogP contribution in [0.1, 0.15) is 29.4 Å². The van der Waals surface area contributed by atoms with Gasteiger partial charge in [-0.1, -0.05) is 18.5 Å². The first kappa shape index (κ1) is 12.9. The number of carbonyl (C=O) groups excluding carboxylic acids is 1. The van der Waals surface area contributed by atoms with E-state index in [1.807, 2.05) is 6.92 Å². The van der Waals surface area contributed by atoms with Crippen LogP contribution in [0.5, 0.6) is 0 Å². The fraction of sp³-hybridized carbons (Fsp3) is 0.455. The van der Waals surface area contributed by atoms with E-state index in [1.165, 1.54) is 6.07 Å². The second kappa shape index (κ2) is 5.82. The van der Waals surface area contributed by atoms with Crippen LogP contribution in [0, 0.1) is 6.92 Å². The topological polar surface area (TPSA) is 62.2 Å². The molecule has 1 rings (SSSR count). The highest BCUT2D eigenvalue weighted by Gasteiger charge is 2.12. The first-order valence-corrected chi connectivity index (χ1v) is 5.50. The molecule has 0 fully saturated rings. The second-order valence-corrected chi connectivity index (χ2v) is 3.97. The molecule has 5 heteroatoms. The molecule has 1 atom stereocenters. The van der Waals surface area contributed by atoms with Crippen LogP contribution < -0.4 is 5.32 Å². The summed E-state index contributed by atoms with van der Waals surface area (Å²) in [6.07, 6.45) is 0.681. The summed E-state index contributed by atoms with van der Waals surface area (Å²) >= 11 is 5.76. The van der Waals surface area contributed by atoms with Gasteiger partial charge in [0.2, 0.25) is 0 Å². The number of rotatable bonds is 4. The lowest BCUT2D eigenvalue weighted by Gasteiger charge is -2.14. The Labute approximate surface area is 99.6 Å². The van der Waals surface area contributed by atoms with Crippen molar-refractivity contribution in [3.63, 3.8) is 0 Å². The first-order valence-electron chi connectivity index (χ1n) is 5.12. The number of hydrogen-bond donors (Lipinski definition) is 2. The van der Waals surface area contributed by atoms with Gasteiger partial charge in [-0.3, -0.25) is 4.79 Å². The maximum Gasteiger partial charge on any atom is 0.251 e. The second-order valence-electron chi connectivity index (χ2n) is 3.58. The zero-order chi connectivity index (χ0) is 12.1. The zero-order valence-electron chi connectivity index (χ0n) is 9.33. The highest BCUT2D eigenvalue weighted by molar-refractivity contribution is 6.29. The summed E-state index contributed by atoms with van der Waals surface area (Å²) in [6, 6.07) is 2.94. The molecule has 0 aliphatic heterocycles. The fourth-order valence-corrected chi connectivity index (χ4v) is 1.56. The summed E-state index contributed by atoms with van der Waals surface area (Å²) in [7, 11) is 0. The van der Waals surface area contributed by atoms with Gasteiger partial charge in [0.05, 0.1) is 12.6 Å². The Morgan fingerprint density at radius 2 is 2.31 bits per heavy atom. The molecule has 0 saturated carbocycles. The molecule has 2 N–H and O–H groups in total. The number of aromatic nitrogens is 1. The Bertz CT molecular complexity index is 358. The quantitative estimate of drug-likeness (QED) is 0.788. The number of carbonyl (C=O) groups is 1. The van der Waals surface area contributed by atoms with Gasteiger partial charge >= 0.3 is 0 Å². The number of aryl methyl sites for hydroxylation is 1. The van der Waals surface area contributed by atoms with E-state index in [4.69, 9.17) is 16.7 Å². The van der Waals surface area contributed by atoms with Gasteiger partial charge in [0, 0.05) is 11.3 Å². The minimum absolute atomic E-state index is 0.0694. The molecule has 0 aliphatic carbocycles. The fourth-order valence-electron chi connectivity index (χ4n) is 1.30. The summed E-state index contributed by atoms with van der Waals surface area (Å²) in [5.74, 6) is -0.242. The Kier molecular flexibility index (Phi) is 4.71. The van der Waals surface area contributed by atoms with Crippen molar-refractivity contribution in [3.05, 3.63) is 28.5 Å². The molecular weight excluding hydrogens is 228 g/mol. The van der Waals surface area contributed by atoms with Crippen molar-refractivity contribution in [1.29, 1.82) is 0 Å². The van der Waals surface area contributed by atoms with E-state index in [1.54, 1.807) is 13.0 Å². The van der Waals surface area contributed by atoms with E-state index in [0.29, 0.717) is 22.8 Å². The van der Waals surface area contributed by atoms with Crippen molar-refractivity contribution in [2.24, 2.45) is 0 Å². The molecule has 0 spiro atoms. The molecule has 1 aromatic heterocycles. The predicted octanol–water partition coefficient (Wildman–Crippen LogP) is 1.54. The van der Waals surface area contributed by atoms with Crippen LogP contribution in [0.3, 0.4) is 0 Å². The van der Waals surface area contributed by atoms with Gasteiger partial charge in [-0.15, -0.1) is 0 Å². The lowest BCUT2D eigenvalue weighted by atomic mass is 10.2. The lowest BCUT2D eigenvalue weighted by Crippen LogP contribution is -2.36. The van der Waals surface area contributed by atoms with Crippen LogP contribution in [0.25, 0.3) is 0 Å². The van der Waals surface area contributed by atoms with Gasteiger partial charge in [-0.05, 0) is 25.5 Å². The smallest absolute Gasteiger partial charge is 0.251 e. The van der Waals surface area contributed by atoms with Crippen molar-refractivity contribution in [2.75, 3.05) is 6.61 Å². The number of halogens is 1. The maximum absolute atomic E-state index is 11.8. The third-order valence-electron chi connectivity index (χ3n) is 2.23. The van der Waals surface area contributed by atoms with Gasteiger partial charge in [0.1, 0.15) is 5.15 Å².